The SMILES string of the molecule is CC(C)Cc1cc(-c2ccccc2Oc2ccccc2)nnc1C(=O)NNC(=O)C(C)C. The van der Waals surface area contributed by atoms with Gasteiger partial charge in [0.25, 0.3) is 5.91 Å². The normalized spacial score (nSPS) is 10.8. The van der Waals surface area contributed by atoms with Crippen LogP contribution in [-0.2, 0) is 11.2 Å². The summed E-state index contributed by atoms with van der Waals surface area (Å²) in [5.41, 5.74) is 7.16. The van der Waals surface area contributed by atoms with Gasteiger partial charge in [0.2, 0.25) is 5.91 Å². The molecule has 0 atom stereocenters. The van der Waals surface area contributed by atoms with Crippen LogP contribution in [0.4, 0.5) is 0 Å². The van der Waals surface area contributed by atoms with Gasteiger partial charge < -0.3 is 4.74 Å². The van der Waals surface area contributed by atoms with E-state index in [0.717, 1.165) is 11.1 Å². The molecule has 7 nitrogen and oxygen atoms in total. The Morgan fingerprint density at radius 1 is 0.906 bits per heavy atom. The fraction of sp³-hybridized carbons (Fsp3) is 0.280. The van der Waals surface area contributed by atoms with E-state index in [0.29, 0.717) is 29.5 Å². The van der Waals surface area contributed by atoms with Crippen LogP contribution in [0, 0.1) is 11.8 Å². The van der Waals surface area contributed by atoms with Gasteiger partial charge in [0, 0.05) is 11.5 Å². The number of hydrazine groups is 1. The lowest BCUT2D eigenvalue weighted by atomic mass is 9.99. The molecule has 1 heterocycles. The Morgan fingerprint density at radius 3 is 2.28 bits per heavy atom. The van der Waals surface area contributed by atoms with Crippen LogP contribution in [0.2, 0.25) is 0 Å². The molecule has 2 aromatic carbocycles. The van der Waals surface area contributed by atoms with E-state index in [1.54, 1.807) is 13.8 Å². The van der Waals surface area contributed by atoms with E-state index >= 15 is 0 Å². The van der Waals surface area contributed by atoms with Gasteiger partial charge in [-0.1, -0.05) is 58.0 Å². The average Bonchev–Trinajstić information content (AvgIpc) is 2.77. The molecule has 0 fully saturated rings. The lowest BCUT2D eigenvalue weighted by Crippen LogP contribution is -2.44. The van der Waals surface area contributed by atoms with Crippen LogP contribution in [0.1, 0.15) is 43.7 Å². The van der Waals surface area contributed by atoms with Crippen molar-refractivity contribution in [2.24, 2.45) is 11.8 Å². The molecule has 166 valence electrons. The molecule has 0 aliphatic carbocycles. The molecular formula is C25H28N4O3. The summed E-state index contributed by atoms with van der Waals surface area (Å²) in [5.74, 6) is 0.625. The molecule has 32 heavy (non-hydrogen) atoms. The van der Waals surface area contributed by atoms with Crippen LogP contribution in [0.25, 0.3) is 11.3 Å². The summed E-state index contributed by atoms with van der Waals surface area (Å²) in [6.07, 6.45) is 0.630. The average molecular weight is 433 g/mol. The molecule has 7 heteroatoms. The summed E-state index contributed by atoms with van der Waals surface area (Å²) in [7, 11) is 0. The number of nitrogens with one attached hydrogen (secondary N) is 2. The summed E-state index contributed by atoms with van der Waals surface area (Å²) in [6, 6.07) is 18.9. The van der Waals surface area contributed by atoms with Crippen LogP contribution in [0.5, 0.6) is 11.5 Å². The van der Waals surface area contributed by atoms with Crippen molar-refractivity contribution in [3.8, 4) is 22.8 Å². The zero-order valence-corrected chi connectivity index (χ0v) is 18.8. The highest BCUT2D eigenvalue weighted by molar-refractivity contribution is 5.95. The van der Waals surface area contributed by atoms with Crippen LogP contribution in [0.3, 0.4) is 0 Å². The molecule has 0 unspecified atom stereocenters. The van der Waals surface area contributed by atoms with E-state index in [9.17, 15) is 9.59 Å². The van der Waals surface area contributed by atoms with Gasteiger partial charge in [-0.15, -0.1) is 10.2 Å². The number of hydrogen-bond acceptors (Lipinski definition) is 5. The summed E-state index contributed by atoms with van der Waals surface area (Å²) in [4.78, 5) is 24.5. The predicted octanol–water partition coefficient (Wildman–Crippen LogP) is 4.55. The zero-order valence-electron chi connectivity index (χ0n) is 18.8. The van der Waals surface area contributed by atoms with Gasteiger partial charge >= 0.3 is 0 Å². The Bertz CT molecular complexity index is 1080. The first-order chi connectivity index (χ1) is 15.3. The van der Waals surface area contributed by atoms with Gasteiger partial charge in [0.1, 0.15) is 11.5 Å². The molecule has 0 radical (unpaired) electrons. The summed E-state index contributed by atoms with van der Waals surface area (Å²) < 4.78 is 6.06. The van der Waals surface area contributed by atoms with Crippen molar-refractivity contribution in [3.63, 3.8) is 0 Å². The number of rotatable bonds is 7. The monoisotopic (exact) mass is 432 g/mol. The maximum absolute atomic E-state index is 12.7. The number of ether oxygens (including phenoxy) is 1. The van der Waals surface area contributed by atoms with E-state index in [4.69, 9.17) is 4.74 Å². The minimum absolute atomic E-state index is 0.188. The fourth-order valence-electron chi connectivity index (χ4n) is 3.05. The number of carbonyl (C=O) groups excluding carboxylic acids is 2. The summed E-state index contributed by atoms with van der Waals surface area (Å²) in [5, 5.41) is 8.51. The quantitative estimate of drug-likeness (QED) is 0.534. The Kier molecular flexibility index (Phi) is 7.54. The maximum Gasteiger partial charge on any atom is 0.290 e. The molecular weight excluding hydrogens is 404 g/mol. The zero-order chi connectivity index (χ0) is 23.1. The molecule has 0 spiro atoms. The molecule has 3 aromatic rings. The van der Waals surface area contributed by atoms with Crippen LogP contribution in [-0.4, -0.2) is 22.0 Å². The number of aromatic nitrogens is 2. The lowest BCUT2D eigenvalue weighted by Gasteiger charge is -2.15. The number of hydrogen-bond donors (Lipinski definition) is 2. The molecule has 0 bridgehead atoms. The predicted molar refractivity (Wildman–Crippen MR) is 123 cm³/mol. The highest BCUT2D eigenvalue weighted by atomic mass is 16.5. The lowest BCUT2D eigenvalue weighted by molar-refractivity contribution is -0.124. The standard InChI is InChI=1S/C25H28N4O3/c1-16(2)14-18-15-21(26-27-23(18)25(31)29-28-24(30)17(3)4)20-12-8-9-13-22(20)32-19-10-6-5-7-11-19/h5-13,15-17H,14H2,1-4H3,(H,28,30)(H,29,31). The summed E-state index contributed by atoms with van der Waals surface area (Å²) >= 11 is 0. The second kappa shape index (κ2) is 10.5. The Morgan fingerprint density at radius 2 is 1.59 bits per heavy atom. The van der Waals surface area contributed by atoms with Crippen molar-refractivity contribution in [2.45, 2.75) is 34.1 Å². The second-order valence-corrected chi connectivity index (χ2v) is 8.21. The van der Waals surface area contributed by atoms with Gasteiger partial charge in [-0.05, 0) is 48.2 Å². The van der Waals surface area contributed by atoms with E-state index < -0.39 is 5.91 Å². The molecule has 0 aliphatic rings. The largest absolute Gasteiger partial charge is 0.457 e. The molecule has 0 saturated carbocycles. The number of nitrogens with zero attached hydrogens (tertiary/aromatic N) is 2. The molecule has 0 aliphatic heterocycles. The molecule has 3 rings (SSSR count). The van der Waals surface area contributed by atoms with Gasteiger partial charge in [0.05, 0.1) is 5.69 Å². The van der Waals surface area contributed by atoms with Crippen LogP contribution in [0.15, 0.2) is 60.7 Å². The topological polar surface area (TPSA) is 93.2 Å². The minimum Gasteiger partial charge on any atom is -0.457 e. The summed E-state index contributed by atoms with van der Waals surface area (Å²) in [6.45, 7) is 7.62. The van der Waals surface area contributed by atoms with Crippen molar-refractivity contribution in [1.82, 2.24) is 21.0 Å². The van der Waals surface area contributed by atoms with E-state index in [1.807, 2.05) is 60.7 Å². The first-order valence-electron chi connectivity index (χ1n) is 10.6. The molecule has 0 saturated heterocycles. The van der Waals surface area contributed by atoms with Gasteiger partial charge in [-0.25, -0.2) is 0 Å². The highest BCUT2D eigenvalue weighted by Crippen LogP contribution is 2.32. The number of carbonyl (C=O) groups is 2. The number of benzene rings is 2. The third-order valence-corrected chi connectivity index (χ3v) is 4.67. The smallest absolute Gasteiger partial charge is 0.290 e. The fourth-order valence-corrected chi connectivity index (χ4v) is 3.05. The van der Waals surface area contributed by atoms with Crippen LogP contribution >= 0.6 is 0 Å². The third kappa shape index (κ3) is 5.91. The van der Waals surface area contributed by atoms with Crippen molar-refractivity contribution in [3.05, 3.63) is 71.9 Å². The van der Waals surface area contributed by atoms with Gasteiger partial charge in [-0.2, -0.15) is 0 Å². The minimum atomic E-state index is -0.498. The van der Waals surface area contributed by atoms with Crippen molar-refractivity contribution in [1.29, 1.82) is 0 Å². The molecule has 2 amide bonds. The van der Waals surface area contributed by atoms with Crippen molar-refractivity contribution >= 4 is 11.8 Å². The van der Waals surface area contributed by atoms with E-state index in [2.05, 4.69) is 34.9 Å². The Balaban J connectivity index is 1.92. The molecule has 1 aromatic heterocycles. The van der Waals surface area contributed by atoms with Crippen molar-refractivity contribution < 1.29 is 14.3 Å². The van der Waals surface area contributed by atoms with Crippen LogP contribution < -0.4 is 15.6 Å². The Labute approximate surface area is 188 Å². The first-order valence-corrected chi connectivity index (χ1v) is 10.6. The van der Waals surface area contributed by atoms with Crippen molar-refractivity contribution in [2.75, 3.05) is 0 Å². The first kappa shape index (κ1) is 22.9. The highest BCUT2D eigenvalue weighted by Gasteiger charge is 2.19. The van der Waals surface area contributed by atoms with Gasteiger partial charge in [0.15, 0.2) is 5.69 Å². The van der Waals surface area contributed by atoms with Gasteiger partial charge in [-0.3, -0.25) is 20.4 Å². The third-order valence-electron chi connectivity index (χ3n) is 4.67. The number of para-hydroxylation sites is 2. The number of amides is 2. The molecule has 2 N–H and O–H groups in total. The van der Waals surface area contributed by atoms with E-state index in [1.165, 1.54) is 0 Å². The maximum atomic E-state index is 12.7. The Hall–Kier alpha value is -3.74. The second-order valence-electron chi connectivity index (χ2n) is 8.21. The van der Waals surface area contributed by atoms with E-state index in [-0.39, 0.29) is 17.5 Å².